The molecule has 0 saturated carbocycles. The Kier molecular flexibility index (Phi) is 5.54. The fraction of sp³-hybridized carbons (Fsp3) is 0.429. The van der Waals surface area contributed by atoms with Crippen LogP contribution >= 0.6 is 11.6 Å². The third-order valence-electron chi connectivity index (χ3n) is 2.36. The predicted molar refractivity (Wildman–Crippen MR) is 75.8 cm³/mol. The number of ether oxygens (including phenoxy) is 1. The Bertz CT molecular complexity index is 522. The number of carboxylic acid groups (broad SMARTS) is 1. The first-order chi connectivity index (χ1) is 9.56. The van der Waals surface area contributed by atoms with E-state index in [-0.39, 0.29) is 10.6 Å². The minimum atomic E-state index is -1.14. The molecule has 1 aromatic carbocycles. The standard InChI is InChI=1S/C14H17ClFNO4/c1-14(2,3)21-13(20)17-11(7-12(18)19)8-4-9(15)6-10(16)5-8/h4-6,11H,7H2,1-3H3,(H,17,20)(H,18,19)/t11-/m1/s1. The Morgan fingerprint density at radius 1 is 1.38 bits per heavy atom. The van der Waals surface area contributed by atoms with Crippen molar-refractivity contribution in [2.24, 2.45) is 0 Å². The van der Waals surface area contributed by atoms with Crippen LogP contribution in [0.4, 0.5) is 9.18 Å². The fourth-order valence-corrected chi connectivity index (χ4v) is 1.88. The molecule has 116 valence electrons. The number of hydrogen-bond acceptors (Lipinski definition) is 3. The number of benzene rings is 1. The normalized spacial score (nSPS) is 12.6. The largest absolute Gasteiger partial charge is 0.481 e. The quantitative estimate of drug-likeness (QED) is 0.891. The Balaban J connectivity index is 2.95. The van der Waals surface area contributed by atoms with E-state index in [4.69, 9.17) is 21.4 Å². The zero-order valence-corrected chi connectivity index (χ0v) is 12.7. The molecule has 1 rings (SSSR count). The zero-order chi connectivity index (χ0) is 16.2. The first-order valence-electron chi connectivity index (χ1n) is 6.24. The molecule has 21 heavy (non-hydrogen) atoms. The summed E-state index contributed by atoms with van der Waals surface area (Å²) < 4.78 is 18.4. The van der Waals surface area contributed by atoms with Crippen molar-refractivity contribution in [3.8, 4) is 0 Å². The van der Waals surface area contributed by atoms with E-state index in [1.54, 1.807) is 20.8 Å². The lowest BCUT2D eigenvalue weighted by Crippen LogP contribution is -2.35. The molecule has 0 aliphatic rings. The molecule has 7 heteroatoms. The van der Waals surface area contributed by atoms with Crippen molar-refractivity contribution in [3.05, 3.63) is 34.6 Å². The Morgan fingerprint density at radius 2 is 2.00 bits per heavy atom. The topological polar surface area (TPSA) is 75.6 Å². The lowest BCUT2D eigenvalue weighted by Gasteiger charge is -2.23. The van der Waals surface area contributed by atoms with Crippen LogP contribution in [0.1, 0.15) is 38.8 Å². The summed E-state index contributed by atoms with van der Waals surface area (Å²) in [5, 5.41) is 11.4. The number of rotatable bonds is 4. The first kappa shape index (κ1) is 17.2. The van der Waals surface area contributed by atoms with Crippen LogP contribution in [0.25, 0.3) is 0 Å². The van der Waals surface area contributed by atoms with Gasteiger partial charge >= 0.3 is 12.1 Å². The van der Waals surface area contributed by atoms with Crippen LogP contribution in [0.2, 0.25) is 5.02 Å². The molecule has 0 spiro atoms. The van der Waals surface area contributed by atoms with Gasteiger partial charge in [0.2, 0.25) is 0 Å². The molecule has 0 heterocycles. The number of aliphatic carboxylic acids is 1. The lowest BCUT2D eigenvalue weighted by atomic mass is 10.0. The number of carbonyl (C=O) groups excluding carboxylic acids is 1. The van der Waals surface area contributed by atoms with E-state index in [1.807, 2.05) is 0 Å². The number of carbonyl (C=O) groups is 2. The Hall–Kier alpha value is -1.82. The highest BCUT2D eigenvalue weighted by Gasteiger charge is 2.23. The summed E-state index contributed by atoms with van der Waals surface area (Å²) in [4.78, 5) is 22.6. The second-order valence-electron chi connectivity index (χ2n) is 5.50. The van der Waals surface area contributed by atoms with Gasteiger partial charge in [-0.15, -0.1) is 0 Å². The van der Waals surface area contributed by atoms with Gasteiger partial charge in [-0.05, 0) is 44.5 Å². The van der Waals surface area contributed by atoms with Crippen molar-refractivity contribution in [2.75, 3.05) is 0 Å². The maximum absolute atomic E-state index is 13.4. The number of carboxylic acids is 1. The van der Waals surface area contributed by atoms with Crippen LogP contribution in [0.3, 0.4) is 0 Å². The molecule has 0 aromatic heterocycles. The van der Waals surface area contributed by atoms with Crippen molar-refractivity contribution in [1.29, 1.82) is 0 Å². The molecule has 2 N–H and O–H groups in total. The van der Waals surface area contributed by atoms with Gasteiger partial charge in [-0.1, -0.05) is 11.6 Å². The summed E-state index contributed by atoms with van der Waals surface area (Å²) in [6.45, 7) is 5.04. The number of alkyl carbamates (subject to hydrolysis) is 1. The van der Waals surface area contributed by atoms with Gasteiger partial charge in [0.05, 0.1) is 12.5 Å². The monoisotopic (exact) mass is 317 g/mol. The molecule has 0 fully saturated rings. The number of hydrogen-bond donors (Lipinski definition) is 2. The number of halogens is 2. The summed E-state index contributed by atoms with van der Waals surface area (Å²) in [7, 11) is 0. The highest BCUT2D eigenvalue weighted by Crippen LogP contribution is 2.23. The second kappa shape index (κ2) is 6.76. The second-order valence-corrected chi connectivity index (χ2v) is 5.94. The third kappa shape index (κ3) is 6.44. The van der Waals surface area contributed by atoms with E-state index >= 15 is 0 Å². The first-order valence-corrected chi connectivity index (χ1v) is 6.62. The van der Waals surface area contributed by atoms with Gasteiger partial charge in [0.1, 0.15) is 11.4 Å². The van der Waals surface area contributed by atoms with Crippen LogP contribution in [0, 0.1) is 5.82 Å². The maximum Gasteiger partial charge on any atom is 0.408 e. The van der Waals surface area contributed by atoms with E-state index in [0.717, 1.165) is 12.1 Å². The van der Waals surface area contributed by atoms with Crippen LogP contribution in [-0.2, 0) is 9.53 Å². The number of amides is 1. The summed E-state index contributed by atoms with van der Waals surface area (Å²) in [5.41, 5.74) is -0.467. The van der Waals surface area contributed by atoms with Crippen LogP contribution < -0.4 is 5.32 Å². The highest BCUT2D eigenvalue weighted by molar-refractivity contribution is 6.30. The molecule has 0 aliphatic carbocycles. The van der Waals surface area contributed by atoms with Crippen LogP contribution in [0.15, 0.2) is 18.2 Å². The van der Waals surface area contributed by atoms with Gasteiger partial charge in [0.15, 0.2) is 0 Å². The van der Waals surface area contributed by atoms with Crippen molar-refractivity contribution >= 4 is 23.7 Å². The van der Waals surface area contributed by atoms with E-state index < -0.39 is 35.9 Å². The summed E-state index contributed by atoms with van der Waals surface area (Å²) >= 11 is 5.74. The molecule has 1 atom stereocenters. The van der Waals surface area contributed by atoms with Gasteiger partial charge in [0.25, 0.3) is 0 Å². The zero-order valence-electron chi connectivity index (χ0n) is 11.9. The van der Waals surface area contributed by atoms with E-state index in [0.29, 0.717) is 0 Å². The molecule has 0 saturated heterocycles. The SMILES string of the molecule is CC(C)(C)OC(=O)N[C@H](CC(=O)O)c1cc(F)cc(Cl)c1. The Morgan fingerprint density at radius 3 is 2.48 bits per heavy atom. The summed E-state index contributed by atoms with van der Waals surface area (Å²) in [6, 6.07) is 2.67. The molecule has 5 nitrogen and oxygen atoms in total. The summed E-state index contributed by atoms with van der Waals surface area (Å²) in [6.07, 6.45) is -1.20. The predicted octanol–water partition coefficient (Wildman–Crippen LogP) is 3.52. The van der Waals surface area contributed by atoms with Gasteiger partial charge in [-0.2, -0.15) is 0 Å². The van der Waals surface area contributed by atoms with Crippen LogP contribution in [-0.4, -0.2) is 22.8 Å². The van der Waals surface area contributed by atoms with Crippen molar-refractivity contribution in [3.63, 3.8) is 0 Å². The number of nitrogens with one attached hydrogen (secondary N) is 1. The maximum atomic E-state index is 13.4. The van der Waals surface area contributed by atoms with Crippen molar-refractivity contribution in [2.45, 2.75) is 38.8 Å². The minimum absolute atomic E-state index is 0.117. The molecule has 0 unspecified atom stereocenters. The van der Waals surface area contributed by atoms with Gasteiger partial charge in [0, 0.05) is 5.02 Å². The molecule has 0 radical (unpaired) electrons. The van der Waals surface area contributed by atoms with E-state index in [9.17, 15) is 14.0 Å². The Labute approximate surface area is 127 Å². The average molecular weight is 318 g/mol. The highest BCUT2D eigenvalue weighted by atomic mass is 35.5. The average Bonchev–Trinajstić information content (AvgIpc) is 2.23. The summed E-state index contributed by atoms with van der Waals surface area (Å²) in [5.74, 6) is -1.75. The molecular weight excluding hydrogens is 301 g/mol. The van der Waals surface area contributed by atoms with Gasteiger partial charge in [-0.3, -0.25) is 4.79 Å². The minimum Gasteiger partial charge on any atom is -0.481 e. The molecule has 0 bridgehead atoms. The van der Waals surface area contributed by atoms with Gasteiger partial charge in [-0.25, -0.2) is 9.18 Å². The van der Waals surface area contributed by atoms with Crippen LogP contribution in [0.5, 0.6) is 0 Å². The smallest absolute Gasteiger partial charge is 0.408 e. The molecule has 1 amide bonds. The molecular formula is C14H17ClFNO4. The van der Waals surface area contributed by atoms with E-state index in [1.165, 1.54) is 6.07 Å². The van der Waals surface area contributed by atoms with Crippen molar-refractivity contribution < 1.29 is 23.8 Å². The third-order valence-corrected chi connectivity index (χ3v) is 2.58. The lowest BCUT2D eigenvalue weighted by molar-refractivity contribution is -0.137. The van der Waals surface area contributed by atoms with Crippen molar-refractivity contribution in [1.82, 2.24) is 5.32 Å². The molecule has 0 aliphatic heterocycles. The fourth-order valence-electron chi connectivity index (χ4n) is 1.65. The van der Waals surface area contributed by atoms with E-state index in [2.05, 4.69) is 5.32 Å². The van der Waals surface area contributed by atoms with Gasteiger partial charge < -0.3 is 15.2 Å². The molecule has 1 aromatic rings.